The minimum atomic E-state index is 0.0337. The van der Waals surface area contributed by atoms with Gasteiger partial charge in [-0.15, -0.1) is 0 Å². The molecule has 0 saturated heterocycles. The maximum Gasteiger partial charge on any atom is 0.123 e. The summed E-state index contributed by atoms with van der Waals surface area (Å²) in [6.45, 7) is 2.80. The van der Waals surface area contributed by atoms with Crippen LogP contribution in [0, 0.1) is 0 Å². The van der Waals surface area contributed by atoms with Crippen LogP contribution < -0.4 is 10.5 Å². The van der Waals surface area contributed by atoms with E-state index in [1.807, 2.05) is 25.4 Å². The first-order valence-corrected chi connectivity index (χ1v) is 7.64. The third kappa shape index (κ3) is 2.81. The lowest BCUT2D eigenvalue weighted by molar-refractivity contribution is 0.407. The number of hydrogen-bond donors (Lipinski definition) is 1. The largest absolute Gasteiger partial charge is 0.496 e. The number of aryl methyl sites for hydroxylation is 1. The Hall–Kier alpha value is -1.81. The van der Waals surface area contributed by atoms with Gasteiger partial charge in [0.1, 0.15) is 5.75 Å². The number of benzene rings is 1. The Morgan fingerprint density at radius 2 is 2.14 bits per heavy atom. The smallest absolute Gasteiger partial charge is 0.123 e. The van der Waals surface area contributed by atoms with Gasteiger partial charge in [0.15, 0.2) is 0 Å². The molecular weight excluding hydrogens is 262 g/mol. The minimum Gasteiger partial charge on any atom is -0.496 e. The van der Waals surface area contributed by atoms with E-state index < -0.39 is 0 Å². The van der Waals surface area contributed by atoms with E-state index in [1.165, 1.54) is 24.2 Å². The molecule has 0 amide bonds. The lowest BCUT2D eigenvalue weighted by Crippen LogP contribution is -2.11. The molecule has 1 aromatic carbocycles. The number of imidazole rings is 1. The molecule has 0 aliphatic heterocycles. The second kappa shape index (κ2) is 5.90. The molecule has 1 aromatic heterocycles. The number of nitrogens with two attached hydrogens (primary N) is 1. The van der Waals surface area contributed by atoms with Gasteiger partial charge in [0.05, 0.1) is 25.7 Å². The predicted molar refractivity (Wildman–Crippen MR) is 83.6 cm³/mol. The van der Waals surface area contributed by atoms with Crippen molar-refractivity contribution in [2.45, 2.75) is 45.2 Å². The van der Waals surface area contributed by atoms with Crippen molar-refractivity contribution in [3.8, 4) is 5.75 Å². The number of methoxy groups -OCH3 is 1. The van der Waals surface area contributed by atoms with E-state index in [9.17, 15) is 0 Å². The summed E-state index contributed by atoms with van der Waals surface area (Å²) in [5.74, 6) is 0.914. The Bertz CT molecular complexity index is 631. The van der Waals surface area contributed by atoms with Crippen LogP contribution in [0.2, 0.25) is 0 Å². The Balaban J connectivity index is 1.93. The van der Waals surface area contributed by atoms with Crippen molar-refractivity contribution in [1.29, 1.82) is 0 Å². The number of nitrogens with zero attached hydrogens (tertiary/aromatic N) is 2. The van der Waals surface area contributed by atoms with Crippen molar-refractivity contribution in [3.63, 3.8) is 0 Å². The highest BCUT2D eigenvalue weighted by Gasteiger charge is 2.16. The molecule has 21 heavy (non-hydrogen) atoms. The van der Waals surface area contributed by atoms with Gasteiger partial charge in [-0.05, 0) is 50.3 Å². The molecule has 3 rings (SSSR count). The zero-order valence-electron chi connectivity index (χ0n) is 12.8. The Kier molecular flexibility index (Phi) is 3.97. The third-order valence-electron chi connectivity index (χ3n) is 4.28. The van der Waals surface area contributed by atoms with Crippen LogP contribution in [0.25, 0.3) is 0 Å². The molecule has 0 saturated carbocycles. The zero-order chi connectivity index (χ0) is 14.8. The first-order valence-electron chi connectivity index (χ1n) is 7.64. The van der Waals surface area contributed by atoms with Crippen LogP contribution >= 0.6 is 0 Å². The number of fused-ring (bicyclic) bond motifs is 1. The molecule has 112 valence electrons. The van der Waals surface area contributed by atoms with Gasteiger partial charge in [-0.2, -0.15) is 0 Å². The molecule has 0 spiro atoms. The van der Waals surface area contributed by atoms with Crippen LogP contribution in [-0.4, -0.2) is 16.7 Å². The SMILES string of the molecule is COc1ccc(C(C)N)cc1Cn1cnc2c1CCCC2. The molecule has 4 heteroatoms. The van der Waals surface area contributed by atoms with Crippen LogP contribution in [0.15, 0.2) is 24.5 Å². The number of rotatable bonds is 4. The predicted octanol–water partition coefficient (Wildman–Crippen LogP) is 2.84. The van der Waals surface area contributed by atoms with E-state index in [4.69, 9.17) is 10.5 Å². The van der Waals surface area contributed by atoms with Crippen LogP contribution in [0.4, 0.5) is 0 Å². The van der Waals surface area contributed by atoms with E-state index in [2.05, 4.69) is 15.6 Å². The molecule has 1 unspecified atom stereocenters. The van der Waals surface area contributed by atoms with Gasteiger partial charge in [-0.3, -0.25) is 0 Å². The summed E-state index contributed by atoms with van der Waals surface area (Å²) in [5.41, 5.74) is 11.0. The molecule has 1 heterocycles. The summed E-state index contributed by atoms with van der Waals surface area (Å²) >= 11 is 0. The molecule has 1 atom stereocenters. The first kappa shape index (κ1) is 14.1. The quantitative estimate of drug-likeness (QED) is 0.939. The fraction of sp³-hybridized carbons (Fsp3) is 0.471. The summed E-state index contributed by atoms with van der Waals surface area (Å²) < 4.78 is 7.76. The molecule has 1 aliphatic carbocycles. The standard InChI is InChI=1S/C17H23N3O/c1-12(18)13-7-8-17(21-2)14(9-13)10-20-11-19-15-5-3-4-6-16(15)20/h7-9,11-12H,3-6,10,18H2,1-2H3. The third-order valence-corrected chi connectivity index (χ3v) is 4.28. The highest BCUT2D eigenvalue weighted by Crippen LogP contribution is 2.26. The lowest BCUT2D eigenvalue weighted by atomic mass is 10.0. The van der Waals surface area contributed by atoms with Gasteiger partial charge in [0.2, 0.25) is 0 Å². The van der Waals surface area contributed by atoms with Gasteiger partial charge in [0.25, 0.3) is 0 Å². The molecular formula is C17H23N3O. The zero-order valence-corrected chi connectivity index (χ0v) is 12.8. The van der Waals surface area contributed by atoms with Crippen LogP contribution in [0.1, 0.15) is 48.3 Å². The summed E-state index contributed by atoms with van der Waals surface area (Å²) in [6.07, 6.45) is 6.72. The summed E-state index contributed by atoms with van der Waals surface area (Å²) in [7, 11) is 1.72. The van der Waals surface area contributed by atoms with Crippen molar-refractivity contribution < 1.29 is 4.74 Å². The minimum absolute atomic E-state index is 0.0337. The molecule has 4 nitrogen and oxygen atoms in total. The van der Waals surface area contributed by atoms with E-state index in [0.29, 0.717) is 0 Å². The lowest BCUT2D eigenvalue weighted by Gasteiger charge is -2.17. The maximum atomic E-state index is 6.00. The normalized spacial score (nSPS) is 15.6. The van der Waals surface area contributed by atoms with Crippen molar-refractivity contribution in [3.05, 3.63) is 47.0 Å². The van der Waals surface area contributed by atoms with E-state index >= 15 is 0 Å². The highest BCUT2D eigenvalue weighted by molar-refractivity contribution is 5.39. The summed E-state index contributed by atoms with van der Waals surface area (Å²) in [6, 6.07) is 6.23. The Morgan fingerprint density at radius 3 is 2.90 bits per heavy atom. The average Bonchev–Trinajstić information content (AvgIpc) is 2.90. The highest BCUT2D eigenvalue weighted by atomic mass is 16.5. The van der Waals surface area contributed by atoms with Crippen LogP contribution in [0.5, 0.6) is 5.75 Å². The number of aromatic nitrogens is 2. The molecule has 2 N–H and O–H groups in total. The molecule has 0 bridgehead atoms. The van der Waals surface area contributed by atoms with Gasteiger partial charge in [0, 0.05) is 17.3 Å². The van der Waals surface area contributed by atoms with Crippen LogP contribution in [-0.2, 0) is 19.4 Å². The van der Waals surface area contributed by atoms with Gasteiger partial charge >= 0.3 is 0 Å². The Labute approximate surface area is 125 Å². The monoisotopic (exact) mass is 285 g/mol. The topological polar surface area (TPSA) is 53.1 Å². The fourth-order valence-corrected chi connectivity index (χ4v) is 3.06. The van der Waals surface area contributed by atoms with E-state index in [-0.39, 0.29) is 6.04 Å². The number of hydrogen-bond acceptors (Lipinski definition) is 3. The van der Waals surface area contributed by atoms with Crippen molar-refractivity contribution in [2.75, 3.05) is 7.11 Å². The van der Waals surface area contributed by atoms with Crippen molar-refractivity contribution in [1.82, 2.24) is 9.55 Å². The van der Waals surface area contributed by atoms with Crippen molar-refractivity contribution in [2.24, 2.45) is 5.73 Å². The Morgan fingerprint density at radius 1 is 1.33 bits per heavy atom. The van der Waals surface area contributed by atoms with Gasteiger partial charge < -0.3 is 15.0 Å². The molecule has 2 aromatic rings. The summed E-state index contributed by atoms with van der Waals surface area (Å²) in [5, 5.41) is 0. The van der Waals surface area contributed by atoms with Gasteiger partial charge in [-0.1, -0.05) is 6.07 Å². The van der Waals surface area contributed by atoms with E-state index in [1.54, 1.807) is 7.11 Å². The molecule has 0 fully saturated rings. The molecule has 1 aliphatic rings. The maximum absolute atomic E-state index is 6.00. The van der Waals surface area contributed by atoms with Gasteiger partial charge in [-0.25, -0.2) is 4.98 Å². The number of ether oxygens (including phenoxy) is 1. The van der Waals surface area contributed by atoms with Crippen molar-refractivity contribution >= 4 is 0 Å². The summed E-state index contributed by atoms with van der Waals surface area (Å²) in [4.78, 5) is 4.56. The van der Waals surface area contributed by atoms with Crippen LogP contribution in [0.3, 0.4) is 0 Å². The first-order chi connectivity index (χ1) is 10.2. The van der Waals surface area contributed by atoms with E-state index in [0.717, 1.165) is 36.3 Å². The second-order valence-corrected chi connectivity index (χ2v) is 5.83. The average molecular weight is 285 g/mol. The second-order valence-electron chi connectivity index (χ2n) is 5.83. The fourth-order valence-electron chi connectivity index (χ4n) is 3.06. The molecule has 0 radical (unpaired) electrons.